The SMILES string of the molecule is CC(C)(C)C(C=O)NC(=O)NCC(=O)NCc1ccccc1. The molecule has 0 aliphatic carbocycles. The number of benzene rings is 1. The summed E-state index contributed by atoms with van der Waals surface area (Å²) in [5, 5.41) is 7.67. The van der Waals surface area contributed by atoms with Crippen molar-refractivity contribution in [2.75, 3.05) is 6.54 Å². The molecule has 1 rings (SSSR count). The molecule has 1 aromatic carbocycles. The molecule has 3 amide bonds. The Kier molecular flexibility index (Phi) is 6.56. The third kappa shape index (κ3) is 6.39. The summed E-state index contributed by atoms with van der Waals surface area (Å²) in [6, 6.07) is 8.33. The van der Waals surface area contributed by atoms with Gasteiger partial charge in [-0.3, -0.25) is 4.79 Å². The van der Waals surface area contributed by atoms with Gasteiger partial charge in [0.2, 0.25) is 5.91 Å². The van der Waals surface area contributed by atoms with E-state index in [4.69, 9.17) is 0 Å². The van der Waals surface area contributed by atoms with Gasteiger partial charge in [0.25, 0.3) is 0 Å². The third-order valence-corrected chi connectivity index (χ3v) is 3.10. The van der Waals surface area contributed by atoms with Crippen LogP contribution in [0.2, 0.25) is 0 Å². The van der Waals surface area contributed by atoms with Crippen LogP contribution in [0.1, 0.15) is 26.3 Å². The van der Waals surface area contributed by atoms with Crippen LogP contribution in [0.4, 0.5) is 4.79 Å². The van der Waals surface area contributed by atoms with Crippen molar-refractivity contribution in [2.24, 2.45) is 5.41 Å². The highest BCUT2D eigenvalue weighted by Gasteiger charge is 2.25. The molecule has 0 aromatic heterocycles. The van der Waals surface area contributed by atoms with Crippen LogP contribution in [-0.4, -0.2) is 30.8 Å². The standard InChI is InChI=1S/C16H23N3O3/c1-16(2,3)13(11-20)19-15(22)18-10-14(21)17-9-12-7-5-4-6-8-12/h4-8,11,13H,9-10H2,1-3H3,(H,17,21)(H2,18,19,22). The van der Waals surface area contributed by atoms with Gasteiger partial charge in [0.05, 0.1) is 12.6 Å². The molecule has 0 spiro atoms. The zero-order valence-electron chi connectivity index (χ0n) is 13.2. The quantitative estimate of drug-likeness (QED) is 0.691. The summed E-state index contributed by atoms with van der Waals surface area (Å²) >= 11 is 0. The first-order valence-corrected chi connectivity index (χ1v) is 7.13. The second-order valence-corrected chi connectivity index (χ2v) is 6.07. The summed E-state index contributed by atoms with van der Waals surface area (Å²) in [6.07, 6.45) is 0.690. The summed E-state index contributed by atoms with van der Waals surface area (Å²) in [4.78, 5) is 34.3. The lowest BCUT2D eigenvalue weighted by molar-refractivity contribution is -0.120. The van der Waals surface area contributed by atoms with Crippen molar-refractivity contribution in [3.05, 3.63) is 35.9 Å². The monoisotopic (exact) mass is 305 g/mol. The molecule has 1 unspecified atom stereocenters. The van der Waals surface area contributed by atoms with Crippen molar-refractivity contribution in [3.8, 4) is 0 Å². The fraction of sp³-hybridized carbons (Fsp3) is 0.438. The lowest BCUT2D eigenvalue weighted by Gasteiger charge is -2.26. The number of hydrogen-bond acceptors (Lipinski definition) is 3. The maximum Gasteiger partial charge on any atom is 0.315 e. The van der Waals surface area contributed by atoms with Crippen LogP contribution in [0.15, 0.2) is 30.3 Å². The predicted octanol–water partition coefficient (Wildman–Crippen LogP) is 1.22. The van der Waals surface area contributed by atoms with Gasteiger partial charge in [-0.1, -0.05) is 51.1 Å². The van der Waals surface area contributed by atoms with E-state index in [1.54, 1.807) is 0 Å². The summed E-state index contributed by atoms with van der Waals surface area (Å²) < 4.78 is 0. The van der Waals surface area contributed by atoms with Crippen molar-refractivity contribution in [1.29, 1.82) is 0 Å². The zero-order valence-corrected chi connectivity index (χ0v) is 13.2. The van der Waals surface area contributed by atoms with Gasteiger partial charge in [-0.25, -0.2) is 4.79 Å². The van der Waals surface area contributed by atoms with E-state index in [0.717, 1.165) is 5.56 Å². The summed E-state index contributed by atoms with van der Waals surface area (Å²) in [5.41, 5.74) is 0.600. The minimum atomic E-state index is -0.611. The number of rotatable bonds is 6. The Labute approximate surface area is 130 Å². The number of nitrogens with one attached hydrogen (secondary N) is 3. The van der Waals surface area contributed by atoms with E-state index in [0.29, 0.717) is 12.8 Å². The predicted molar refractivity (Wildman–Crippen MR) is 84.1 cm³/mol. The van der Waals surface area contributed by atoms with E-state index >= 15 is 0 Å². The zero-order chi connectivity index (χ0) is 16.6. The van der Waals surface area contributed by atoms with E-state index < -0.39 is 12.1 Å². The first-order valence-electron chi connectivity index (χ1n) is 7.13. The largest absolute Gasteiger partial charge is 0.350 e. The highest BCUT2D eigenvalue weighted by atomic mass is 16.2. The average Bonchev–Trinajstić information content (AvgIpc) is 2.48. The van der Waals surface area contributed by atoms with Crippen molar-refractivity contribution >= 4 is 18.2 Å². The molecule has 6 nitrogen and oxygen atoms in total. The summed E-state index contributed by atoms with van der Waals surface area (Å²) in [6.45, 7) is 5.80. The summed E-state index contributed by atoms with van der Waals surface area (Å²) in [7, 11) is 0. The van der Waals surface area contributed by atoms with Crippen molar-refractivity contribution < 1.29 is 14.4 Å². The van der Waals surface area contributed by atoms with E-state index in [1.807, 2.05) is 51.1 Å². The number of urea groups is 1. The minimum absolute atomic E-state index is 0.144. The van der Waals surface area contributed by atoms with Crippen LogP contribution in [0.25, 0.3) is 0 Å². The number of carbonyl (C=O) groups excluding carboxylic acids is 3. The van der Waals surface area contributed by atoms with Crippen LogP contribution >= 0.6 is 0 Å². The molecule has 3 N–H and O–H groups in total. The van der Waals surface area contributed by atoms with Crippen molar-refractivity contribution in [1.82, 2.24) is 16.0 Å². The maximum absolute atomic E-state index is 11.7. The lowest BCUT2D eigenvalue weighted by Crippen LogP contribution is -2.50. The van der Waals surface area contributed by atoms with Crippen LogP contribution in [0, 0.1) is 5.41 Å². The van der Waals surface area contributed by atoms with Crippen LogP contribution in [0.3, 0.4) is 0 Å². The Balaban J connectivity index is 2.31. The molecule has 120 valence electrons. The van der Waals surface area contributed by atoms with E-state index in [1.165, 1.54) is 0 Å². The second kappa shape index (κ2) is 8.17. The third-order valence-electron chi connectivity index (χ3n) is 3.10. The van der Waals surface area contributed by atoms with Crippen LogP contribution in [0.5, 0.6) is 0 Å². The first kappa shape index (κ1) is 17.7. The number of carbonyl (C=O) groups is 3. The number of amides is 3. The van der Waals surface area contributed by atoms with Gasteiger partial charge in [0, 0.05) is 6.54 Å². The Morgan fingerprint density at radius 3 is 2.32 bits per heavy atom. The number of hydrogen-bond donors (Lipinski definition) is 3. The van der Waals surface area contributed by atoms with E-state index in [-0.39, 0.29) is 17.9 Å². The average molecular weight is 305 g/mol. The second-order valence-electron chi connectivity index (χ2n) is 6.07. The van der Waals surface area contributed by atoms with Gasteiger partial charge >= 0.3 is 6.03 Å². The molecule has 1 atom stereocenters. The van der Waals surface area contributed by atoms with Crippen LogP contribution in [-0.2, 0) is 16.1 Å². The minimum Gasteiger partial charge on any atom is -0.350 e. The molecule has 0 saturated carbocycles. The Bertz CT molecular complexity index is 509. The summed E-state index contributed by atoms with van der Waals surface area (Å²) in [5.74, 6) is -0.294. The van der Waals surface area contributed by atoms with Crippen LogP contribution < -0.4 is 16.0 Å². The molecular formula is C16H23N3O3. The Hall–Kier alpha value is -2.37. The molecular weight excluding hydrogens is 282 g/mol. The van der Waals surface area contributed by atoms with Crippen molar-refractivity contribution in [3.63, 3.8) is 0 Å². The molecule has 0 saturated heterocycles. The highest BCUT2D eigenvalue weighted by Crippen LogP contribution is 2.17. The maximum atomic E-state index is 11.7. The molecule has 0 bridgehead atoms. The highest BCUT2D eigenvalue weighted by molar-refractivity contribution is 5.85. The molecule has 0 radical (unpaired) electrons. The van der Waals surface area contributed by atoms with Gasteiger partial charge < -0.3 is 20.7 Å². The molecule has 6 heteroatoms. The van der Waals surface area contributed by atoms with Gasteiger partial charge in [0.1, 0.15) is 6.29 Å². The Morgan fingerprint density at radius 1 is 1.14 bits per heavy atom. The lowest BCUT2D eigenvalue weighted by atomic mass is 9.88. The smallest absolute Gasteiger partial charge is 0.315 e. The normalized spacial score (nSPS) is 12.1. The topological polar surface area (TPSA) is 87.3 Å². The molecule has 22 heavy (non-hydrogen) atoms. The van der Waals surface area contributed by atoms with Crippen molar-refractivity contribution in [2.45, 2.75) is 33.4 Å². The van der Waals surface area contributed by atoms with E-state index in [2.05, 4.69) is 16.0 Å². The fourth-order valence-corrected chi connectivity index (χ4v) is 1.67. The number of aldehydes is 1. The fourth-order valence-electron chi connectivity index (χ4n) is 1.67. The first-order chi connectivity index (χ1) is 10.3. The Morgan fingerprint density at radius 2 is 1.77 bits per heavy atom. The van der Waals surface area contributed by atoms with Gasteiger partial charge in [-0.2, -0.15) is 0 Å². The molecule has 0 heterocycles. The van der Waals surface area contributed by atoms with E-state index in [9.17, 15) is 14.4 Å². The molecule has 0 fully saturated rings. The molecule has 0 aliphatic heterocycles. The molecule has 0 aliphatic rings. The van der Waals surface area contributed by atoms with Gasteiger partial charge in [-0.15, -0.1) is 0 Å². The molecule has 1 aromatic rings. The van der Waals surface area contributed by atoms with Gasteiger partial charge in [-0.05, 0) is 11.0 Å². The van der Waals surface area contributed by atoms with Gasteiger partial charge in [0.15, 0.2) is 0 Å².